The van der Waals surface area contributed by atoms with Gasteiger partial charge in [0.25, 0.3) is 5.56 Å². The number of nitrogens with zero attached hydrogens (tertiary/aromatic N) is 3. The number of aryl methyl sites for hydroxylation is 1. The molecule has 0 aliphatic rings. The lowest BCUT2D eigenvalue weighted by Crippen LogP contribution is -2.19. The van der Waals surface area contributed by atoms with Crippen LogP contribution < -0.4 is 10.9 Å². The number of rotatable bonds is 4. The van der Waals surface area contributed by atoms with E-state index in [0.717, 1.165) is 22.3 Å². The van der Waals surface area contributed by atoms with Crippen LogP contribution >= 0.6 is 11.6 Å². The van der Waals surface area contributed by atoms with E-state index < -0.39 is 0 Å². The van der Waals surface area contributed by atoms with Crippen LogP contribution in [0.15, 0.2) is 59.9 Å². The monoisotopic (exact) mass is 379 g/mol. The molecular weight excluding hydrogens is 362 g/mol. The number of nitrogens with one attached hydrogen (secondary N) is 2. The lowest BCUT2D eigenvalue weighted by atomic mass is 10.1. The predicted molar refractivity (Wildman–Crippen MR) is 108 cm³/mol. The molecule has 27 heavy (non-hydrogen) atoms. The highest BCUT2D eigenvalue weighted by atomic mass is 35.5. The molecule has 7 heteroatoms. The maximum atomic E-state index is 12.5. The Morgan fingerprint density at radius 2 is 2.07 bits per heavy atom. The number of H-pyrrole nitrogens is 1. The normalized spacial score (nSPS) is 12.3. The van der Waals surface area contributed by atoms with Crippen LogP contribution in [0.1, 0.15) is 18.5 Å². The van der Waals surface area contributed by atoms with Gasteiger partial charge in [-0.1, -0.05) is 23.7 Å². The van der Waals surface area contributed by atoms with Crippen molar-refractivity contribution >= 4 is 28.3 Å². The fraction of sp³-hybridized carbons (Fsp3) is 0.150. The molecule has 0 aliphatic carbocycles. The van der Waals surface area contributed by atoms with Crippen molar-refractivity contribution in [2.75, 3.05) is 5.32 Å². The third-order valence-electron chi connectivity index (χ3n) is 4.51. The van der Waals surface area contributed by atoms with E-state index >= 15 is 0 Å². The number of aromatic amines is 1. The van der Waals surface area contributed by atoms with Crippen molar-refractivity contribution in [1.82, 2.24) is 19.5 Å². The summed E-state index contributed by atoms with van der Waals surface area (Å²) in [5.74, 6) is 0. The highest BCUT2D eigenvalue weighted by Gasteiger charge is 2.13. The van der Waals surface area contributed by atoms with Gasteiger partial charge in [0.15, 0.2) is 0 Å². The fourth-order valence-electron chi connectivity index (χ4n) is 3.14. The maximum Gasteiger partial charge on any atom is 0.254 e. The molecule has 0 aliphatic heterocycles. The predicted octanol–water partition coefficient (Wildman–Crippen LogP) is 4.15. The summed E-state index contributed by atoms with van der Waals surface area (Å²) in [4.78, 5) is 23.6. The van der Waals surface area contributed by atoms with E-state index in [1.807, 2.05) is 55.1 Å². The van der Waals surface area contributed by atoms with Gasteiger partial charge in [-0.2, -0.15) is 0 Å². The molecule has 0 radical (unpaired) electrons. The molecule has 1 aromatic carbocycles. The zero-order valence-electron chi connectivity index (χ0n) is 14.9. The SMILES string of the molecule is CC(Nc1cccc(-c2cncn2C)c1)c1cc2cc(Cl)cnc2[nH]c1=O. The fourth-order valence-corrected chi connectivity index (χ4v) is 3.30. The third kappa shape index (κ3) is 3.44. The van der Waals surface area contributed by atoms with Crippen LogP contribution in [-0.2, 0) is 7.05 Å². The van der Waals surface area contributed by atoms with Gasteiger partial charge in [-0.05, 0) is 31.2 Å². The summed E-state index contributed by atoms with van der Waals surface area (Å²) in [6.45, 7) is 1.95. The van der Waals surface area contributed by atoms with Gasteiger partial charge in [0.1, 0.15) is 5.65 Å². The number of hydrogen-bond acceptors (Lipinski definition) is 4. The second-order valence-electron chi connectivity index (χ2n) is 6.48. The molecule has 0 bridgehead atoms. The Balaban J connectivity index is 1.65. The number of hydrogen-bond donors (Lipinski definition) is 2. The zero-order chi connectivity index (χ0) is 19.0. The van der Waals surface area contributed by atoms with Crippen molar-refractivity contribution < 1.29 is 0 Å². The first-order valence-corrected chi connectivity index (χ1v) is 8.91. The Hall–Kier alpha value is -3.12. The van der Waals surface area contributed by atoms with Crippen molar-refractivity contribution in [3.8, 4) is 11.3 Å². The second-order valence-corrected chi connectivity index (χ2v) is 6.92. The van der Waals surface area contributed by atoms with Gasteiger partial charge in [0.05, 0.1) is 29.3 Å². The Bertz CT molecular complexity index is 1180. The summed E-state index contributed by atoms with van der Waals surface area (Å²) in [7, 11) is 1.96. The highest BCUT2D eigenvalue weighted by Crippen LogP contribution is 2.25. The lowest BCUT2D eigenvalue weighted by molar-refractivity contribution is 0.865. The molecule has 136 valence electrons. The Labute approximate surface area is 160 Å². The number of aromatic nitrogens is 4. The molecule has 0 fully saturated rings. The summed E-state index contributed by atoms with van der Waals surface area (Å²) in [6, 6.07) is 11.5. The summed E-state index contributed by atoms with van der Waals surface area (Å²) in [6.07, 6.45) is 5.12. The molecule has 3 heterocycles. The number of benzene rings is 1. The van der Waals surface area contributed by atoms with E-state index in [9.17, 15) is 4.79 Å². The number of fused-ring (bicyclic) bond motifs is 1. The Morgan fingerprint density at radius 3 is 2.85 bits per heavy atom. The molecule has 4 rings (SSSR count). The number of anilines is 1. The van der Waals surface area contributed by atoms with E-state index in [-0.39, 0.29) is 11.6 Å². The van der Waals surface area contributed by atoms with E-state index in [4.69, 9.17) is 11.6 Å². The third-order valence-corrected chi connectivity index (χ3v) is 4.72. The van der Waals surface area contributed by atoms with Gasteiger partial charge >= 0.3 is 0 Å². The van der Waals surface area contributed by atoms with Crippen LogP contribution in [-0.4, -0.2) is 19.5 Å². The van der Waals surface area contributed by atoms with Gasteiger partial charge < -0.3 is 14.9 Å². The average Bonchev–Trinajstić information content (AvgIpc) is 3.07. The summed E-state index contributed by atoms with van der Waals surface area (Å²) < 4.78 is 1.97. The van der Waals surface area contributed by atoms with Gasteiger partial charge in [0.2, 0.25) is 0 Å². The first-order chi connectivity index (χ1) is 13.0. The number of pyridine rings is 2. The molecule has 6 nitrogen and oxygen atoms in total. The Kier molecular flexibility index (Phi) is 4.41. The van der Waals surface area contributed by atoms with E-state index in [1.54, 1.807) is 12.4 Å². The van der Waals surface area contributed by atoms with Crippen LogP contribution in [0.2, 0.25) is 5.02 Å². The van der Waals surface area contributed by atoms with Crippen molar-refractivity contribution in [1.29, 1.82) is 0 Å². The van der Waals surface area contributed by atoms with E-state index in [2.05, 4.69) is 20.3 Å². The zero-order valence-corrected chi connectivity index (χ0v) is 15.7. The molecule has 1 atom stereocenters. The standard InChI is InChI=1S/C20H18ClN5O/c1-12(17-8-14-6-15(21)9-23-19(14)25-20(17)27)24-16-5-3-4-13(7-16)18-10-22-11-26(18)2/h3-12,24H,1-2H3,(H,23,25,27). The van der Waals surface area contributed by atoms with Crippen LogP contribution in [0.5, 0.6) is 0 Å². The molecule has 1 unspecified atom stereocenters. The molecular formula is C20H18ClN5O. The topological polar surface area (TPSA) is 75.6 Å². The minimum absolute atomic E-state index is 0.167. The number of halogens is 1. The summed E-state index contributed by atoms with van der Waals surface area (Å²) in [5, 5.41) is 4.73. The quantitative estimate of drug-likeness (QED) is 0.558. The van der Waals surface area contributed by atoms with Crippen LogP contribution in [0.25, 0.3) is 22.3 Å². The summed E-state index contributed by atoms with van der Waals surface area (Å²) in [5.41, 5.74) is 3.98. The average molecular weight is 380 g/mol. The minimum Gasteiger partial charge on any atom is -0.378 e. The maximum absolute atomic E-state index is 12.5. The van der Waals surface area contributed by atoms with Crippen molar-refractivity contribution in [2.45, 2.75) is 13.0 Å². The van der Waals surface area contributed by atoms with Crippen molar-refractivity contribution in [3.05, 3.63) is 76.1 Å². The summed E-state index contributed by atoms with van der Waals surface area (Å²) >= 11 is 6.02. The van der Waals surface area contributed by atoms with Gasteiger partial charge in [-0.15, -0.1) is 0 Å². The first kappa shape index (κ1) is 17.3. The molecule has 0 saturated heterocycles. The second kappa shape index (κ2) is 6.89. The van der Waals surface area contributed by atoms with Crippen LogP contribution in [0, 0.1) is 0 Å². The molecule has 0 saturated carbocycles. The van der Waals surface area contributed by atoms with Gasteiger partial charge in [-0.3, -0.25) is 4.79 Å². The van der Waals surface area contributed by atoms with Crippen molar-refractivity contribution in [2.24, 2.45) is 7.05 Å². The van der Waals surface area contributed by atoms with E-state index in [0.29, 0.717) is 16.2 Å². The molecule has 0 amide bonds. The minimum atomic E-state index is -0.195. The van der Waals surface area contributed by atoms with Gasteiger partial charge in [0, 0.05) is 35.4 Å². The van der Waals surface area contributed by atoms with Crippen LogP contribution in [0.3, 0.4) is 0 Å². The van der Waals surface area contributed by atoms with Gasteiger partial charge in [-0.25, -0.2) is 9.97 Å². The molecule has 2 N–H and O–H groups in total. The van der Waals surface area contributed by atoms with E-state index in [1.165, 1.54) is 6.20 Å². The largest absolute Gasteiger partial charge is 0.378 e. The number of imidazole rings is 1. The lowest BCUT2D eigenvalue weighted by Gasteiger charge is -2.16. The molecule has 0 spiro atoms. The van der Waals surface area contributed by atoms with Crippen molar-refractivity contribution in [3.63, 3.8) is 0 Å². The Morgan fingerprint density at radius 1 is 1.22 bits per heavy atom. The molecule has 3 aromatic heterocycles. The smallest absolute Gasteiger partial charge is 0.254 e. The highest BCUT2D eigenvalue weighted by molar-refractivity contribution is 6.31. The first-order valence-electron chi connectivity index (χ1n) is 8.53. The molecule has 4 aromatic rings. The van der Waals surface area contributed by atoms with Crippen LogP contribution in [0.4, 0.5) is 5.69 Å².